The van der Waals surface area contributed by atoms with E-state index in [9.17, 15) is 38.7 Å². The predicted molar refractivity (Wildman–Crippen MR) is 160 cm³/mol. The highest BCUT2D eigenvalue weighted by atomic mass is 16.4. The zero-order chi connectivity index (χ0) is 33.0. The smallest absolute Gasteiger partial charge is 0.305 e. The number of carbonyl (C=O) groups excluding carboxylic acids is 5. The van der Waals surface area contributed by atoms with Crippen LogP contribution in [0.1, 0.15) is 58.9 Å². The largest absolute Gasteiger partial charge is 0.481 e. The second-order valence-electron chi connectivity index (χ2n) is 10.9. The van der Waals surface area contributed by atoms with E-state index in [1.54, 1.807) is 13.8 Å². The molecule has 4 unspecified atom stereocenters. The van der Waals surface area contributed by atoms with E-state index < -0.39 is 84.3 Å². The maximum absolute atomic E-state index is 13.2. The van der Waals surface area contributed by atoms with Crippen molar-refractivity contribution in [3.8, 4) is 0 Å². The lowest BCUT2D eigenvalue weighted by atomic mass is 9.97. The third-order valence-corrected chi connectivity index (χ3v) is 6.90. The van der Waals surface area contributed by atoms with Crippen molar-refractivity contribution in [1.82, 2.24) is 21.3 Å². The fourth-order valence-corrected chi connectivity index (χ4v) is 4.64. The molecule has 2 rings (SSSR count). The number of fused-ring (bicyclic) bond motifs is 1. The molecule has 0 aromatic heterocycles. The van der Waals surface area contributed by atoms with E-state index in [2.05, 4.69) is 21.3 Å². The predicted octanol–water partition coefficient (Wildman–Crippen LogP) is 1.32. The molecule has 6 N–H and O–H groups in total. The highest BCUT2D eigenvalue weighted by Crippen LogP contribution is 2.20. The van der Waals surface area contributed by atoms with Crippen molar-refractivity contribution in [2.24, 2.45) is 5.92 Å². The number of ketones is 1. The van der Waals surface area contributed by atoms with Gasteiger partial charge in [-0.15, -0.1) is 0 Å². The molecule has 44 heavy (non-hydrogen) atoms. The average molecular weight is 613 g/mol. The van der Waals surface area contributed by atoms with Crippen molar-refractivity contribution in [3.63, 3.8) is 0 Å². The molecule has 0 heterocycles. The Morgan fingerprint density at radius 1 is 0.705 bits per heavy atom. The molecule has 0 saturated heterocycles. The molecule has 0 bridgehead atoms. The SMILES string of the molecule is CC(=O)NC(CC(=O)O)C(=O)NC(C)C(=O)NC(C(=O)NC(CC(=O)O)C(=O)CCCc1cccc2ccccc12)C(C)C. The van der Waals surface area contributed by atoms with Gasteiger partial charge in [0, 0.05) is 13.3 Å². The van der Waals surface area contributed by atoms with Crippen LogP contribution in [0.4, 0.5) is 0 Å². The van der Waals surface area contributed by atoms with Gasteiger partial charge in [-0.1, -0.05) is 56.3 Å². The van der Waals surface area contributed by atoms with Crippen LogP contribution in [0, 0.1) is 5.92 Å². The first-order valence-corrected chi connectivity index (χ1v) is 14.3. The van der Waals surface area contributed by atoms with E-state index in [1.165, 1.54) is 6.92 Å². The molecule has 2 aromatic rings. The summed E-state index contributed by atoms with van der Waals surface area (Å²) in [6.07, 6.45) is -0.322. The van der Waals surface area contributed by atoms with Gasteiger partial charge in [-0.25, -0.2) is 0 Å². The number of carboxylic acids is 2. The Hall–Kier alpha value is -4.81. The number of hydrogen-bond acceptors (Lipinski definition) is 7. The van der Waals surface area contributed by atoms with Crippen LogP contribution in [0.2, 0.25) is 0 Å². The van der Waals surface area contributed by atoms with Crippen LogP contribution >= 0.6 is 0 Å². The van der Waals surface area contributed by atoms with Crippen molar-refractivity contribution in [3.05, 3.63) is 48.0 Å². The first kappa shape index (κ1) is 35.4. The monoisotopic (exact) mass is 612 g/mol. The summed E-state index contributed by atoms with van der Waals surface area (Å²) in [6, 6.07) is 8.56. The molecule has 0 spiro atoms. The molecule has 0 fully saturated rings. The minimum Gasteiger partial charge on any atom is -0.481 e. The molecular weight excluding hydrogens is 572 g/mol. The summed E-state index contributed by atoms with van der Waals surface area (Å²) in [4.78, 5) is 85.5. The normalized spacial score (nSPS) is 13.7. The van der Waals surface area contributed by atoms with E-state index in [0.29, 0.717) is 12.8 Å². The summed E-state index contributed by atoms with van der Waals surface area (Å²) in [5, 5.41) is 30.0. The molecule has 4 atom stereocenters. The number of aliphatic carboxylic acids is 2. The molecule has 13 nitrogen and oxygen atoms in total. The van der Waals surface area contributed by atoms with Crippen molar-refractivity contribution < 1.29 is 43.8 Å². The Labute approximate surface area is 255 Å². The van der Waals surface area contributed by atoms with E-state index in [0.717, 1.165) is 23.3 Å². The fourth-order valence-electron chi connectivity index (χ4n) is 4.64. The number of nitrogens with one attached hydrogen (secondary N) is 4. The summed E-state index contributed by atoms with van der Waals surface area (Å²) in [5.74, 6) is -6.69. The summed E-state index contributed by atoms with van der Waals surface area (Å²) in [7, 11) is 0. The van der Waals surface area contributed by atoms with Gasteiger partial charge in [-0.05, 0) is 42.0 Å². The number of benzene rings is 2. The Bertz CT molecular complexity index is 1370. The van der Waals surface area contributed by atoms with Crippen LogP contribution < -0.4 is 21.3 Å². The van der Waals surface area contributed by atoms with Gasteiger partial charge >= 0.3 is 11.9 Å². The molecule has 13 heteroatoms. The number of carboxylic acid groups (broad SMARTS) is 2. The second kappa shape index (κ2) is 16.7. The van der Waals surface area contributed by atoms with Gasteiger partial charge in [-0.3, -0.25) is 33.6 Å². The number of rotatable bonds is 17. The molecule has 2 aromatic carbocycles. The Morgan fingerprint density at radius 2 is 1.32 bits per heavy atom. The highest BCUT2D eigenvalue weighted by Gasteiger charge is 2.32. The maximum Gasteiger partial charge on any atom is 0.305 e. The van der Waals surface area contributed by atoms with Crippen LogP contribution in [-0.2, 0) is 40.0 Å². The van der Waals surface area contributed by atoms with Crippen molar-refractivity contribution in [2.45, 2.75) is 84.0 Å². The first-order chi connectivity index (χ1) is 20.7. The lowest BCUT2D eigenvalue weighted by Crippen LogP contribution is -2.58. The van der Waals surface area contributed by atoms with Crippen LogP contribution in [0.25, 0.3) is 10.8 Å². The van der Waals surface area contributed by atoms with Crippen molar-refractivity contribution >= 4 is 52.1 Å². The third kappa shape index (κ3) is 11.1. The number of Topliss-reactive ketones (excluding diaryl/α,β-unsaturated/α-hetero) is 1. The Morgan fingerprint density at radius 3 is 1.93 bits per heavy atom. The number of aryl methyl sites for hydroxylation is 1. The topological polar surface area (TPSA) is 208 Å². The van der Waals surface area contributed by atoms with E-state index in [-0.39, 0.29) is 6.42 Å². The Kier molecular flexibility index (Phi) is 13.5. The zero-order valence-corrected chi connectivity index (χ0v) is 25.2. The maximum atomic E-state index is 13.2. The minimum atomic E-state index is -1.42. The summed E-state index contributed by atoms with van der Waals surface area (Å²) in [5.41, 5.74) is 1.05. The van der Waals surface area contributed by atoms with Crippen molar-refractivity contribution in [1.29, 1.82) is 0 Å². The van der Waals surface area contributed by atoms with Crippen LogP contribution in [0.3, 0.4) is 0 Å². The second-order valence-corrected chi connectivity index (χ2v) is 10.9. The molecule has 0 radical (unpaired) electrons. The van der Waals surface area contributed by atoms with Gasteiger partial charge in [0.15, 0.2) is 5.78 Å². The van der Waals surface area contributed by atoms with Gasteiger partial charge in [0.1, 0.15) is 18.1 Å². The van der Waals surface area contributed by atoms with E-state index in [1.807, 2.05) is 42.5 Å². The van der Waals surface area contributed by atoms with Gasteiger partial charge in [0.2, 0.25) is 23.6 Å². The minimum absolute atomic E-state index is 0.0228. The van der Waals surface area contributed by atoms with Crippen LogP contribution in [0.15, 0.2) is 42.5 Å². The number of amides is 4. The molecule has 0 aliphatic heterocycles. The molecule has 4 amide bonds. The van der Waals surface area contributed by atoms with Gasteiger partial charge in [-0.2, -0.15) is 0 Å². The van der Waals surface area contributed by atoms with Crippen molar-refractivity contribution in [2.75, 3.05) is 0 Å². The van der Waals surface area contributed by atoms with E-state index >= 15 is 0 Å². The number of carbonyl (C=O) groups is 7. The number of hydrogen-bond donors (Lipinski definition) is 6. The van der Waals surface area contributed by atoms with Crippen LogP contribution in [-0.4, -0.2) is 75.7 Å². The van der Waals surface area contributed by atoms with E-state index in [4.69, 9.17) is 5.11 Å². The van der Waals surface area contributed by atoms with Gasteiger partial charge in [0.25, 0.3) is 0 Å². The summed E-state index contributed by atoms with van der Waals surface area (Å²) < 4.78 is 0. The fraction of sp³-hybridized carbons (Fsp3) is 0.452. The van der Waals surface area contributed by atoms with Crippen LogP contribution in [0.5, 0.6) is 0 Å². The molecular formula is C31H40N4O9. The lowest BCUT2D eigenvalue weighted by molar-refractivity contribution is -0.141. The van der Waals surface area contributed by atoms with Gasteiger partial charge < -0.3 is 31.5 Å². The van der Waals surface area contributed by atoms with Gasteiger partial charge in [0.05, 0.1) is 18.9 Å². The molecule has 0 saturated carbocycles. The average Bonchev–Trinajstić information content (AvgIpc) is 2.94. The standard InChI is InChI=1S/C31H40N4O9/c1-17(2)28(35-29(42)18(3)32-30(43)24(16-27(40)41)33-19(4)36)31(44)34-23(15-26(38)39)25(37)14-8-12-21-11-7-10-20-9-5-6-13-22(20)21/h5-7,9-11,13,17-18,23-24,28H,8,12,14-16H2,1-4H3,(H,32,43)(H,33,36)(H,34,44)(H,35,42)(H,38,39)(H,40,41). The summed E-state index contributed by atoms with van der Waals surface area (Å²) >= 11 is 0. The lowest BCUT2D eigenvalue weighted by Gasteiger charge is -2.26. The highest BCUT2D eigenvalue weighted by molar-refractivity contribution is 5.97. The molecule has 0 aliphatic rings. The molecule has 0 aliphatic carbocycles. The quantitative estimate of drug-likeness (QED) is 0.152. The first-order valence-electron chi connectivity index (χ1n) is 14.3. The third-order valence-electron chi connectivity index (χ3n) is 6.90. The summed E-state index contributed by atoms with van der Waals surface area (Å²) in [6.45, 7) is 5.68. The Balaban J connectivity index is 2.04. The zero-order valence-electron chi connectivity index (χ0n) is 25.2. The molecule has 238 valence electrons.